The van der Waals surface area contributed by atoms with Gasteiger partial charge in [0.1, 0.15) is 0 Å². The Labute approximate surface area is 127 Å². The van der Waals surface area contributed by atoms with Crippen molar-refractivity contribution in [3.8, 4) is 0 Å². The zero-order valence-electron chi connectivity index (χ0n) is 11.5. The van der Waals surface area contributed by atoms with Gasteiger partial charge in [0.2, 0.25) is 0 Å². The van der Waals surface area contributed by atoms with Crippen LogP contribution in [-0.2, 0) is 13.1 Å². The van der Waals surface area contributed by atoms with Crippen LogP contribution in [0.25, 0.3) is 0 Å². The fourth-order valence-electron chi connectivity index (χ4n) is 2.44. The predicted molar refractivity (Wildman–Crippen MR) is 79.4 cm³/mol. The third-order valence-corrected chi connectivity index (χ3v) is 3.99. The van der Waals surface area contributed by atoms with Crippen molar-refractivity contribution in [1.82, 2.24) is 4.90 Å². The van der Waals surface area contributed by atoms with Crippen LogP contribution in [0.2, 0.25) is 5.02 Å². The third-order valence-electron chi connectivity index (χ3n) is 3.68. The van der Waals surface area contributed by atoms with Crippen molar-refractivity contribution in [3.63, 3.8) is 0 Å². The second-order valence-electron chi connectivity index (χ2n) is 5.39. The summed E-state index contributed by atoms with van der Waals surface area (Å²) in [6.45, 7) is 1.59. The first-order chi connectivity index (χ1) is 10.1. The number of halogens is 1. The van der Waals surface area contributed by atoms with Crippen LogP contribution in [0.15, 0.2) is 41.2 Å². The van der Waals surface area contributed by atoms with Gasteiger partial charge < -0.3 is 9.52 Å². The number of furan rings is 1. The number of benzene rings is 1. The molecule has 0 saturated heterocycles. The van der Waals surface area contributed by atoms with Crippen LogP contribution in [0.5, 0.6) is 0 Å². The van der Waals surface area contributed by atoms with Crippen LogP contribution < -0.4 is 0 Å². The number of carboxylic acids is 1. The number of nitrogens with zero attached hydrogens (tertiary/aromatic N) is 1. The number of rotatable bonds is 6. The van der Waals surface area contributed by atoms with Gasteiger partial charge in [0.15, 0.2) is 0 Å². The minimum absolute atomic E-state index is 0.147. The summed E-state index contributed by atoms with van der Waals surface area (Å²) in [7, 11) is 0. The van der Waals surface area contributed by atoms with E-state index in [4.69, 9.17) is 21.1 Å². The average Bonchev–Trinajstić information content (AvgIpc) is 3.16. The molecule has 1 aromatic heterocycles. The molecule has 1 fully saturated rings. The fraction of sp³-hybridized carbons (Fsp3) is 0.312. The Morgan fingerprint density at radius 3 is 2.62 bits per heavy atom. The molecule has 0 spiro atoms. The van der Waals surface area contributed by atoms with E-state index in [1.807, 2.05) is 12.1 Å². The van der Waals surface area contributed by atoms with Gasteiger partial charge in [-0.3, -0.25) is 4.90 Å². The molecule has 21 heavy (non-hydrogen) atoms. The summed E-state index contributed by atoms with van der Waals surface area (Å²) in [5.74, 6) is -0.996. The van der Waals surface area contributed by atoms with Gasteiger partial charge >= 0.3 is 5.97 Å². The monoisotopic (exact) mass is 305 g/mol. The van der Waals surface area contributed by atoms with Crippen molar-refractivity contribution in [2.24, 2.45) is 0 Å². The van der Waals surface area contributed by atoms with E-state index in [0.717, 1.165) is 24.2 Å². The zero-order valence-corrected chi connectivity index (χ0v) is 12.2. The molecule has 0 unspecified atom stereocenters. The number of hydrogen-bond acceptors (Lipinski definition) is 3. The van der Waals surface area contributed by atoms with Crippen LogP contribution in [0, 0.1) is 0 Å². The maximum absolute atomic E-state index is 11.0. The molecule has 0 aliphatic heterocycles. The Hall–Kier alpha value is -1.78. The molecule has 3 rings (SSSR count). The Bertz CT molecular complexity index is 635. The van der Waals surface area contributed by atoms with Gasteiger partial charge in [-0.1, -0.05) is 17.7 Å². The van der Waals surface area contributed by atoms with Crippen molar-refractivity contribution in [2.45, 2.75) is 32.0 Å². The summed E-state index contributed by atoms with van der Waals surface area (Å²) in [6.07, 6.45) is 5.85. The van der Waals surface area contributed by atoms with Gasteiger partial charge in [-0.2, -0.15) is 0 Å². The molecule has 5 heteroatoms. The van der Waals surface area contributed by atoms with E-state index in [2.05, 4.69) is 4.90 Å². The van der Waals surface area contributed by atoms with Gasteiger partial charge in [0, 0.05) is 24.7 Å². The summed E-state index contributed by atoms with van der Waals surface area (Å²) < 4.78 is 5.11. The number of carbonyl (C=O) groups is 1. The predicted octanol–water partition coefficient (Wildman–Crippen LogP) is 3.80. The lowest BCUT2D eigenvalue weighted by atomic mass is 10.1. The van der Waals surface area contributed by atoms with Crippen LogP contribution in [0.1, 0.15) is 34.3 Å². The molecule has 1 N–H and O–H groups in total. The van der Waals surface area contributed by atoms with Crippen LogP contribution in [0.3, 0.4) is 0 Å². The highest BCUT2D eigenvalue weighted by Gasteiger charge is 2.29. The second kappa shape index (κ2) is 5.92. The van der Waals surface area contributed by atoms with E-state index >= 15 is 0 Å². The standard InChI is InChI=1S/C16H16ClNO3/c17-15-7-11(1-4-14(15)16(19)20)8-18(13-2-3-13)9-12-5-6-21-10-12/h1,4-7,10,13H,2-3,8-9H2,(H,19,20). The van der Waals surface area contributed by atoms with Crippen molar-refractivity contribution < 1.29 is 14.3 Å². The largest absolute Gasteiger partial charge is 0.478 e. The van der Waals surface area contributed by atoms with Crippen molar-refractivity contribution >= 4 is 17.6 Å². The summed E-state index contributed by atoms with van der Waals surface area (Å²) in [4.78, 5) is 13.4. The van der Waals surface area contributed by atoms with Crippen LogP contribution >= 0.6 is 11.6 Å². The first kappa shape index (κ1) is 14.2. The highest BCUT2D eigenvalue weighted by Crippen LogP contribution is 2.30. The molecule has 1 aromatic carbocycles. The molecule has 0 bridgehead atoms. The van der Waals surface area contributed by atoms with E-state index in [9.17, 15) is 4.79 Å². The van der Waals surface area contributed by atoms with E-state index in [0.29, 0.717) is 11.1 Å². The fourth-order valence-corrected chi connectivity index (χ4v) is 2.72. The molecule has 4 nitrogen and oxygen atoms in total. The smallest absolute Gasteiger partial charge is 0.337 e. The second-order valence-corrected chi connectivity index (χ2v) is 5.79. The lowest BCUT2D eigenvalue weighted by Crippen LogP contribution is -2.24. The summed E-state index contributed by atoms with van der Waals surface area (Å²) in [5, 5.41) is 9.29. The van der Waals surface area contributed by atoms with Gasteiger partial charge in [-0.25, -0.2) is 4.79 Å². The quantitative estimate of drug-likeness (QED) is 0.882. The molecule has 110 valence electrons. The average molecular weight is 306 g/mol. The van der Waals surface area contributed by atoms with Crippen molar-refractivity contribution in [2.75, 3.05) is 0 Å². The van der Waals surface area contributed by atoms with Crippen molar-refractivity contribution in [1.29, 1.82) is 0 Å². The highest BCUT2D eigenvalue weighted by molar-refractivity contribution is 6.33. The number of hydrogen-bond donors (Lipinski definition) is 1. The Morgan fingerprint density at radius 1 is 1.29 bits per heavy atom. The van der Waals surface area contributed by atoms with Crippen LogP contribution in [-0.4, -0.2) is 22.0 Å². The van der Waals surface area contributed by atoms with Gasteiger partial charge in [-0.15, -0.1) is 0 Å². The molecule has 0 atom stereocenters. The molecule has 1 saturated carbocycles. The van der Waals surface area contributed by atoms with Gasteiger partial charge in [0.25, 0.3) is 0 Å². The molecule has 0 amide bonds. The first-order valence-electron chi connectivity index (χ1n) is 6.90. The molecular weight excluding hydrogens is 290 g/mol. The van der Waals surface area contributed by atoms with Gasteiger partial charge in [0.05, 0.1) is 23.1 Å². The lowest BCUT2D eigenvalue weighted by Gasteiger charge is -2.21. The minimum atomic E-state index is -0.996. The van der Waals surface area contributed by atoms with E-state index in [-0.39, 0.29) is 5.56 Å². The normalized spacial score (nSPS) is 14.6. The minimum Gasteiger partial charge on any atom is -0.478 e. The maximum Gasteiger partial charge on any atom is 0.337 e. The molecule has 1 heterocycles. The third kappa shape index (κ3) is 3.46. The first-order valence-corrected chi connectivity index (χ1v) is 7.28. The highest BCUT2D eigenvalue weighted by atomic mass is 35.5. The van der Waals surface area contributed by atoms with Crippen LogP contribution in [0.4, 0.5) is 0 Å². The Balaban J connectivity index is 1.73. The SMILES string of the molecule is O=C(O)c1ccc(CN(Cc2ccoc2)C2CC2)cc1Cl. The summed E-state index contributed by atoms with van der Waals surface area (Å²) in [5.41, 5.74) is 2.32. The molecule has 1 aliphatic carbocycles. The van der Waals surface area contributed by atoms with E-state index in [1.54, 1.807) is 24.7 Å². The summed E-state index contributed by atoms with van der Waals surface area (Å²) >= 11 is 6.03. The molecule has 0 radical (unpaired) electrons. The number of aromatic carboxylic acids is 1. The summed E-state index contributed by atoms with van der Waals surface area (Å²) in [6, 6.07) is 7.71. The molecule has 1 aliphatic rings. The Kier molecular flexibility index (Phi) is 3.99. The Morgan fingerprint density at radius 2 is 2.05 bits per heavy atom. The lowest BCUT2D eigenvalue weighted by molar-refractivity contribution is 0.0697. The number of carboxylic acid groups (broad SMARTS) is 1. The maximum atomic E-state index is 11.0. The van der Waals surface area contributed by atoms with Crippen molar-refractivity contribution in [3.05, 3.63) is 58.5 Å². The van der Waals surface area contributed by atoms with E-state index < -0.39 is 5.97 Å². The van der Waals surface area contributed by atoms with E-state index in [1.165, 1.54) is 12.8 Å². The zero-order chi connectivity index (χ0) is 14.8. The topological polar surface area (TPSA) is 53.7 Å². The molecule has 2 aromatic rings. The van der Waals surface area contributed by atoms with Gasteiger partial charge in [-0.05, 0) is 36.6 Å². The molecular formula is C16H16ClNO3.